The Morgan fingerprint density at radius 3 is 2.93 bits per heavy atom. The maximum Gasteiger partial charge on any atom is 0.343 e. The van der Waals surface area contributed by atoms with Gasteiger partial charge in [-0.2, -0.15) is 0 Å². The number of carbonyl (C=O) groups excluding carboxylic acids is 1. The third kappa shape index (κ3) is 2.52. The van der Waals surface area contributed by atoms with Crippen molar-refractivity contribution in [2.45, 2.75) is 13.3 Å². The van der Waals surface area contributed by atoms with Gasteiger partial charge in [0.15, 0.2) is 5.82 Å². The maximum absolute atomic E-state index is 11.3. The SMILES string of the molecule is CCc1ccnc(/C(=C\N)C(=O)OC)n1. The van der Waals surface area contributed by atoms with Crippen molar-refractivity contribution in [3.8, 4) is 0 Å². The number of ether oxygens (including phenoxy) is 1. The highest BCUT2D eigenvalue weighted by molar-refractivity contribution is 6.14. The van der Waals surface area contributed by atoms with Crippen molar-refractivity contribution >= 4 is 11.5 Å². The summed E-state index contributed by atoms with van der Waals surface area (Å²) in [5.41, 5.74) is 6.35. The van der Waals surface area contributed by atoms with E-state index in [2.05, 4.69) is 14.7 Å². The first-order valence-corrected chi connectivity index (χ1v) is 4.55. The second kappa shape index (κ2) is 5.09. The molecule has 0 aliphatic heterocycles. The predicted octanol–water partition coefficient (Wildman–Crippen LogP) is 0.512. The molecule has 80 valence electrons. The summed E-state index contributed by atoms with van der Waals surface area (Å²) >= 11 is 0. The molecule has 0 saturated carbocycles. The third-order valence-electron chi connectivity index (χ3n) is 1.89. The van der Waals surface area contributed by atoms with Crippen molar-refractivity contribution in [1.82, 2.24) is 9.97 Å². The van der Waals surface area contributed by atoms with Crippen LogP contribution in [0.5, 0.6) is 0 Å². The van der Waals surface area contributed by atoms with E-state index < -0.39 is 5.97 Å². The molecule has 15 heavy (non-hydrogen) atoms. The summed E-state index contributed by atoms with van der Waals surface area (Å²) in [6.07, 6.45) is 3.52. The van der Waals surface area contributed by atoms with E-state index in [9.17, 15) is 4.79 Å². The summed E-state index contributed by atoms with van der Waals surface area (Å²) < 4.78 is 4.56. The molecule has 0 aliphatic carbocycles. The van der Waals surface area contributed by atoms with E-state index in [1.165, 1.54) is 7.11 Å². The zero-order valence-electron chi connectivity index (χ0n) is 8.73. The molecule has 0 fully saturated rings. The van der Waals surface area contributed by atoms with Gasteiger partial charge in [0.25, 0.3) is 0 Å². The molecule has 1 heterocycles. The second-order valence-electron chi connectivity index (χ2n) is 2.80. The minimum absolute atomic E-state index is 0.174. The zero-order chi connectivity index (χ0) is 11.3. The zero-order valence-corrected chi connectivity index (χ0v) is 8.73. The van der Waals surface area contributed by atoms with Crippen molar-refractivity contribution in [3.05, 3.63) is 30.0 Å². The molecule has 1 rings (SSSR count). The number of methoxy groups -OCH3 is 1. The monoisotopic (exact) mass is 207 g/mol. The van der Waals surface area contributed by atoms with E-state index >= 15 is 0 Å². The second-order valence-corrected chi connectivity index (χ2v) is 2.80. The molecule has 0 atom stereocenters. The van der Waals surface area contributed by atoms with E-state index in [1.54, 1.807) is 12.3 Å². The standard InChI is InChI=1S/C10H13N3O2/c1-3-7-4-5-12-9(13-7)8(6-11)10(14)15-2/h4-6H,3,11H2,1-2H3/b8-6+. The molecular formula is C10H13N3O2. The topological polar surface area (TPSA) is 78.1 Å². The molecule has 5 heteroatoms. The Bertz CT molecular complexity index is 388. The highest BCUT2D eigenvalue weighted by Crippen LogP contribution is 2.10. The molecule has 1 aromatic heterocycles. The summed E-state index contributed by atoms with van der Waals surface area (Å²) in [6.45, 7) is 1.97. The predicted molar refractivity (Wildman–Crippen MR) is 55.6 cm³/mol. The minimum atomic E-state index is -0.536. The van der Waals surface area contributed by atoms with Crippen molar-refractivity contribution in [2.24, 2.45) is 5.73 Å². The summed E-state index contributed by atoms with van der Waals surface area (Å²) in [5, 5.41) is 0. The van der Waals surface area contributed by atoms with E-state index in [1.807, 2.05) is 6.92 Å². The lowest BCUT2D eigenvalue weighted by Gasteiger charge is -2.03. The Morgan fingerprint density at radius 1 is 1.67 bits per heavy atom. The van der Waals surface area contributed by atoms with Crippen LogP contribution in [-0.2, 0) is 16.0 Å². The number of hydrogen-bond donors (Lipinski definition) is 1. The summed E-state index contributed by atoms with van der Waals surface area (Å²) in [4.78, 5) is 19.4. The van der Waals surface area contributed by atoms with Gasteiger partial charge in [0.2, 0.25) is 0 Å². The van der Waals surface area contributed by atoms with Crippen LogP contribution in [0.3, 0.4) is 0 Å². The van der Waals surface area contributed by atoms with E-state index in [-0.39, 0.29) is 5.57 Å². The Labute approximate surface area is 88.0 Å². The van der Waals surface area contributed by atoms with Gasteiger partial charge >= 0.3 is 5.97 Å². The fourth-order valence-electron chi connectivity index (χ4n) is 1.07. The van der Waals surface area contributed by atoms with Crippen molar-refractivity contribution in [2.75, 3.05) is 7.11 Å². The fourth-order valence-corrected chi connectivity index (χ4v) is 1.07. The van der Waals surface area contributed by atoms with Crippen LogP contribution in [0.1, 0.15) is 18.4 Å². The maximum atomic E-state index is 11.3. The molecule has 0 aliphatic rings. The lowest BCUT2D eigenvalue weighted by molar-refractivity contribution is -0.133. The van der Waals surface area contributed by atoms with Crippen LogP contribution in [0.15, 0.2) is 18.5 Å². The van der Waals surface area contributed by atoms with Crippen molar-refractivity contribution in [3.63, 3.8) is 0 Å². The first kappa shape index (κ1) is 11.2. The van der Waals surface area contributed by atoms with Crippen molar-refractivity contribution in [1.29, 1.82) is 0 Å². The van der Waals surface area contributed by atoms with Crippen LogP contribution >= 0.6 is 0 Å². The largest absolute Gasteiger partial charge is 0.465 e. The van der Waals surface area contributed by atoms with Crippen LogP contribution in [0.2, 0.25) is 0 Å². The first-order valence-electron chi connectivity index (χ1n) is 4.55. The van der Waals surface area contributed by atoms with Gasteiger partial charge in [0.05, 0.1) is 7.11 Å². The molecule has 0 unspecified atom stereocenters. The highest BCUT2D eigenvalue weighted by Gasteiger charge is 2.14. The van der Waals surface area contributed by atoms with Crippen LogP contribution in [-0.4, -0.2) is 23.0 Å². The smallest absolute Gasteiger partial charge is 0.343 e. The lowest BCUT2D eigenvalue weighted by Crippen LogP contribution is -2.09. The number of nitrogens with two attached hydrogens (primary N) is 1. The molecule has 0 aromatic carbocycles. The van der Waals surface area contributed by atoms with Crippen LogP contribution in [0.4, 0.5) is 0 Å². The molecule has 5 nitrogen and oxygen atoms in total. The number of hydrogen-bond acceptors (Lipinski definition) is 5. The Hall–Kier alpha value is -1.91. The molecule has 2 N–H and O–H groups in total. The van der Waals surface area contributed by atoms with Gasteiger partial charge in [-0.3, -0.25) is 0 Å². The van der Waals surface area contributed by atoms with Crippen LogP contribution in [0, 0.1) is 0 Å². The summed E-state index contributed by atoms with van der Waals surface area (Å²) in [7, 11) is 1.29. The molecule has 0 saturated heterocycles. The average Bonchev–Trinajstić information content (AvgIpc) is 2.30. The minimum Gasteiger partial charge on any atom is -0.465 e. The van der Waals surface area contributed by atoms with Gasteiger partial charge in [-0.25, -0.2) is 14.8 Å². The van der Waals surface area contributed by atoms with Crippen LogP contribution < -0.4 is 5.73 Å². The summed E-state index contributed by atoms with van der Waals surface area (Å²) in [6, 6.07) is 1.79. The van der Waals surface area contributed by atoms with Gasteiger partial charge in [-0.05, 0) is 12.5 Å². The lowest BCUT2D eigenvalue weighted by atomic mass is 10.2. The molecule has 1 aromatic rings. The molecule has 0 amide bonds. The number of carbonyl (C=O) groups is 1. The van der Waals surface area contributed by atoms with E-state index in [0.717, 1.165) is 18.3 Å². The molecule has 0 radical (unpaired) electrons. The molecular weight excluding hydrogens is 194 g/mol. The quantitative estimate of drug-likeness (QED) is 0.577. The Morgan fingerprint density at radius 2 is 2.40 bits per heavy atom. The number of aryl methyl sites for hydroxylation is 1. The normalized spacial score (nSPS) is 11.2. The average molecular weight is 207 g/mol. The Balaban J connectivity index is 3.08. The molecule has 0 bridgehead atoms. The fraction of sp³-hybridized carbons (Fsp3) is 0.300. The number of aromatic nitrogens is 2. The van der Waals surface area contributed by atoms with Gasteiger partial charge in [0, 0.05) is 18.1 Å². The van der Waals surface area contributed by atoms with Gasteiger partial charge in [-0.1, -0.05) is 6.92 Å². The van der Waals surface area contributed by atoms with E-state index in [4.69, 9.17) is 5.73 Å². The van der Waals surface area contributed by atoms with E-state index in [0.29, 0.717) is 5.82 Å². The highest BCUT2D eigenvalue weighted by atomic mass is 16.5. The van der Waals surface area contributed by atoms with Crippen LogP contribution in [0.25, 0.3) is 5.57 Å². The summed E-state index contributed by atoms with van der Waals surface area (Å²) in [5.74, 6) is -0.241. The van der Waals surface area contributed by atoms with Gasteiger partial charge in [-0.15, -0.1) is 0 Å². The van der Waals surface area contributed by atoms with Gasteiger partial charge < -0.3 is 10.5 Å². The van der Waals surface area contributed by atoms with Crippen molar-refractivity contribution < 1.29 is 9.53 Å². The third-order valence-corrected chi connectivity index (χ3v) is 1.89. The van der Waals surface area contributed by atoms with Gasteiger partial charge in [0.1, 0.15) is 5.57 Å². The number of rotatable bonds is 3. The molecule has 0 spiro atoms. The number of esters is 1. The number of nitrogens with zero attached hydrogens (tertiary/aromatic N) is 2. The Kier molecular flexibility index (Phi) is 3.79. The first-order chi connectivity index (χ1) is 7.22.